The third kappa shape index (κ3) is 5.28. The Labute approximate surface area is 168 Å². The van der Waals surface area contributed by atoms with Crippen molar-refractivity contribution < 1.29 is 9.59 Å². The van der Waals surface area contributed by atoms with Crippen LogP contribution in [-0.2, 0) is 22.7 Å². The molecule has 7 heteroatoms. The highest BCUT2D eigenvalue weighted by molar-refractivity contribution is 5.88. The minimum Gasteiger partial charge on any atom is -0.352 e. The lowest BCUT2D eigenvalue weighted by molar-refractivity contribution is -0.121. The number of carbonyl (C=O) groups excluding carboxylic acids is 2. The average molecular weight is 392 g/mol. The highest BCUT2D eigenvalue weighted by Crippen LogP contribution is 2.12. The standard InChI is InChI=1S/C22H24N4O3/c1-15-5-3-6-19-21(15)24-14-26(22(19)29)12-4-7-20(28)23-13-17-8-10-18(11-9-17)25-16(2)27/h3,5-6,8-11,14H,4,7,12-13H2,1-2H3,(H,23,28)(H,25,27). The number of aromatic nitrogens is 2. The molecular weight excluding hydrogens is 368 g/mol. The summed E-state index contributed by atoms with van der Waals surface area (Å²) in [5.74, 6) is -0.199. The third-order valence-electron chi connectivity index (χ3n) is 4.62. The molecule has 0 saturated carbocycles. The van der Waals surface area contributed by atoms with E-state index in [2.05, 4.69) is 15.6 Å². The van der Waals surface area contributed by atoms with Crippen molar-refractivity contribution in [2.45, 2.75) is 39.8 Å². The highest BCUT2D eigenvalue weighted by Gasteiger charge is 2.07. The molecular formula is C22H24N4O3. The van der Waals surface area contributed by atoms with Gasteiger partial charge in [0.15, 0.2) is 0 Å². The fourth-order valence-corrected chi connectivity index (χ4v) is 3.10. The van der Waals surface area contributed by atoms with Crippen molar-refractivity contribution in [1.82, 2.24) is 14.9 Å². The number of aryl methyl sites for hydroxylation is 2. The number of nitrogens with zero attached hydrogens (tertiary/aromatic N) is 2. The van der Waals surface area contributed by atoms with Crippen LogP contribution in [0, 0.1) is 6.92 Å². The molecule has 150 valence electrons. The number of benzene rings is 2. The SMILES string of the molecule is CC(=O)Nc1ccc(CNC(=O)CCCn2cnc3c(C)cccc3c2=O)cc1. The number of para-hydroxylation sites is 1. The van der Waals surface area contributed by atoms with E-state index in [9.17, 15) is 14.4 Å². The monoisotopic (exact) mass is 392 g/mol. The first-order valence-corrected chi connectivity index (χ1v) is 9.52. The largest absolute Gasteiger partial charge is 0.352 e. The van der Waals surface area contributed by atoms with Crippen LogP contribution in [0.2, 0.25) is 0 Å². The second-order valence-corrected chi connectivity index (χ2v) is 6.97. The smallest absolute Gasteiger partial charge is 0.261 e. The molecule has 0 radical (unpaired) electrons. The van der Waals surface area contributed by atoms with Gasteiger partial charge in [-0.05, 0) is 42.7 Å². The molecule has 29 heavy (non-hydrogen) atoms. The van der Waals surface area contributed by atoms with E-state index in [1.165, 1.54) is 6.92 Å². The lowest BCUT2D eigenvalue weighted by Crippen LogP contribution is -2.24. The molecule has 2 amide bonds. The molecule has 0 bridgehead atoms. The number of amides is 2. The maximum atomic E-state index is 12.6. The molecule has 0 saturated heterocycles. The van der Waals surface area contributed by atoms with Gasteiger partial charge in [-0.25, -0.2) is 4.98 Å². The maximum Gasteiger partial charge on any atom is 0.261 e. The molecule has 0 aliphatic heterocycles. The Kier molecular flexibility index (Phi) is 6.39. The second kappa shape index (κ2) is 9.14. The first-order chi connectivity index (χ1) is 13.9. The average Bonchev–Trinajstić information content (AvgIpc) is 2.69. The number of hydrogen-bond acceptors (Lipinski definition) is 4. The van der Waals surface area contributed by atoms with Gasteiger partial charge in [0.2, 0.25) is 11.8 Å². The van der Waals surface area contributed by atoms with E-state index in [1.807, 2.05) is 31.2 Å². The minimum atomic E-state index is -0.123. The van der Waals surface area contributed by atoms with Crippen LogP contribution in [0.5, 0.6) is 0 Å². The molecule has 3 rings (SSSR count). The van der Waals surface area contributed by atoms with Crippen molar-refractivity contribution in [2.24, 2.45) is 0 Å². The summed E-state index contributed by atoms with van der Waals surface area (Å²) in [7, 11) is 0. The van der Waals surface area contributed by atoms with Gasteiger partial charge in [0.25, 0.3) is 5.56 Å². The molecule has 3 aromatic rings. The molecule has 0 aliphatic rings. The van der Waals surface area contributed by atoms with Gasteiger partial charge < -0.3 is 10.6 Å². The van der Waals surface area contributed by atoms with Crippen LogP contribution in [0.3, 0.4) is 0 Å². The van der Waals surface area contributed by atoms with E-state index in [-0.39, 0.29) is 17.4 Å². The quantitative estimate of drug-likeness (QED) is 0.647. The first kappa shape index (κ1) is 20.3. The summed E-state index contributed by atoms with van der Waals surface area (Å²) in [5, 5.41) is 6.16. The lowest BCUT2D eigenvalue weighted by atomic mass is 10.1. The van der Waals surface area contributed by atoms with Gasteiger partial charge in [0.1, 0.15) is 0 Å². The van der Waals surface area contributed by atoms with E-state index in [0.717, 1.165) is 22.3 Å². The van der Waals surface area contributed by atoms with E-state index < -0.39 is 0 Å². The van der Waals surface area contributed by atoms with Gasteiger partial charge in [-0.2, -0.15) is 0 Å². The van der Waals surface area contributed by atoms with Crippen LogP contribution in [0.4, 0.5) is 5.69 Å². The third-order valence-corrected chi connectivity index (χ3v) is 4.62. The van der Waals surface area contributed by atoms with Crippen LogP contribution in [0.1, 0.15) is 30.9 Å². The summed E-state index contributed by atoms with van der Waals surface area (Å²) in [6.07, 6.45) is 2.42. The summed E-state index contributed by atoms with van der Waals surface area (Å²) >= 11 is 0. The summed E-state index contributed by atoms with van der Waals surface area (Å²) in [6.45, 7) is 4.23. The molecule has 0 unspecified atom stereocenters. The fraction of sp³-hybridized carbons (Fsp3) is 0.273. The van der Waals surface area contributed by atoms with Gasteiger partial charge in [0.05, 0.1) is 17.2 Å². The normalized spacial score (nSPS) is 10.7. The number of nitrogens with one attached hydrogen (secondary N) is 2. The van der Waals surface area contributed by atoms with Gasteiger partial charge >= 0.3 is 0 Å². The summed E-state index contributed by atoms with van der Waals surface area (Å²) in [5.41, 5.74) is 3.26. The predicted molar refractivity (Wildman–Crippen MR) is 113 cm³/mol. The topological polar surface area (TPSA) is 93.1 Å². The Morgan fingerprint density at radius 3 is 2.59 bits per heavy atom. The first-order valence-electron chi connectivity index (χ1n) is 9.52. The van der Waals surface area contributed by atoms with E-state index >= 15 is 0 Å². The zero-order valence-electron chi connectivity index (χ0n) is 16.6. The number of anilines is 1. The minimum absolute atomic E-state index is 0.0754. The Hall–Kier alpha value is -3.48. The number of fused-ring (bicyclic) bond motifs is 1. The van der Waals surface area contributed by atoms with Crippen LogP contribution in [0.25, 0.3) is 10.9 Å². The Morgan fingerprint density at radius 1 is 1.10 bits per heavy atom. The fourth-order valence-electron chi connectivity index (χ4n) is 3.10. The van der Waals surface area contributed by atoms with Crippen LogP contribution in [-0.4, -0.2) is 21.4 Å². The molecule has 2 N–H and O–H groups in total. The molecule has 1 aromatic heterocycles. The second-order valence-electron chi connectivity index (χ2n) is 6.97. The van der Waals surface area contributed by atoms with E-state index in [4.69, 9.17) is 0 Å². The number of rotatable bonds is 7. The van der Waals surface area contributed by atoms with Gasteiger partial charge in [0, 0.05) is 32.1 Å². The van der Waals surface area contributed by atoms with Crippen molar-refractivity contribution in [3.05, 3.63) is 70.3 Å². The molecule has 0 aliphatic carbocycles. The summed E-state index contributed by atoms with van der Waals surface area (Å²) in [4.78, 5) is 40.0. The molecule has 0 fully saturated rings. The molecule has 1 heterocycles. The molecule has 0 spiro atoms. The summed E-state index contributed by atoms with van der Waals surface area (Å²) < 4.78 is 1.55. The van der Waals surface area contributed by atoms with Crippen molar-refractivity contribution in [3.8, 4) is 0 Å². The van der Waals surface area contributed by atoms with Crippen LogP contribution in [0.15, 0.2) is 53.6 Å². The summed E-state index contributed by atoms with van der Waals surface area (Å²) in [6, 6.07) is 12.9. The predicted octanol–water partition coefficient (Wildman–Crippen LogP) is 2.76. The molecule has 7 nitrogen and oxygen atoms in total. The Balaban J connectivity index is 1.49. The van der Waals surface area contributed by atoms with Crippen molar-refractivity contribution in [1.29, 1.82) is 0 Å². The Morgan fingerprint density at radius 2 is 1.86 bits per heavy atom. The number of hydrogen-bond donors (Lipinski definition) is 2. The van der Waals surface area contributed by atoms with Crippen LogP contribution < -0.4 is 16.2 Å². The number of carbonyl (C=O) groups is 2. The zero-order valence-corrected chi connectivity index (χ0v) is 16.6. The maximum absolute atomic E-state index is 12.6. The highest BCUT2D eigenvalue weighted by atomic mass is 16.2. The van der Waals surface area contributed by atoms with E-state index in [0.29, 0.717) is 31.3 Å². The van der Waals surface area contributed by atoms with Crippen LogP contribution >= 0.6 is 0 Å². The molecule has 2 aromatic carbocycles. The van der Waals surface area contributed by atoms with Crippen molar-refractivity contribution in [3.63, 3.8) is 0 Å². The van der Waals surface area contributed by atoms with Gasteiger partial charge in [-0.3, -0.25) is 19.0 Å². The Bertz CT molecular complexity index is 1090. The van der Waals surface area contributed by atoms with Crippen molar-refractivity contribution >= 4 is 28.4 Å². The van der Waals surface area contributed by atoms with E-state index in [1.54, 1.807) is 29.1 Å². The molecule has 0 atom stereocenters. The van der Waals surface area contributed by atoms with Crippen molar-refractivity contribution in [2.75, 3.05) is 5.32 Å². The zero-order chi connectivity index (χ0) is 20.8. The van der Waals surface area contributed by atoms with Gasteiger partial charge in [-0.15, -0.1) is 0 Å². The lowest BCUT2D eigenvalue weighted by Gasteiger charge is -2.09. The van der Waals surface area contributed by atoms with Gasteiger partial charge in [-0.1, -0.05) is 24.3 Å².